The Labute approximate surface area is 109 Å². The van der Waals surface area contributed by atoms with Crippen molar-refractivity contribution in [3.8, 4) is 0 Å². The fourth-order valence-electron chi connectivity index (χ4n) is 2.19. The molecular formula is C11H22N2O4S. The van der Waals surface area contributed by atoms with Crippen molar-refractivity contribution >= 4 is 16.0 Å². The van der Waals surface area contributed by atoms with E-state index in [1.165, 1.54) is 18.3 Å². The maximum absolute atomic E-state index is 12.2. The highest BCUT2D eigenvalue weighted by molar-refractivity contribution is 7.90. The molecule has 1 heterocycles. The van der Waals surface area contributed by atoms with Crippen molar-refractivity contribution in [2.75, 3.05) is 20.2 Å². The monoisotopic (exact) mass is 278 g/mol. The van der Waals surface area contributed by atoms with Gasteiger partial charge >= 0.3 is 5.97 Å². The van der Waals surface area contributed by atoms with Crippen LogP contribution in [0.2, 0.25) is 0 Å². The molecule has 106 valence electrons. The summed E-state index contributed by atoms with van der Waals surface area (Å²) in [5, 5.41) is -1.16. The number of methoxy groups -OCH3 is 1. The Morgan fingerprint density at radius 3 is 2.67 bits per heavy atom. The predicted molar refractivity (Wildman–Crippen MR) is 68.3 cm³/mol. The summed E-state index contributed by atoms with van der Waals surface area (Å²) in [4.78, 5) is 11.4. The van der Waals surface area contributed by atoms with Crippen LogP contribution in [0.1, 0.15) is 26.7 Å². The quantitative estimate of drug-likeness (QED) is 0.727. The van der Waals surface area contributed by atoms with Gasteiger partial charge in [0.1, 0.15) is 0 Å². The molecule has 0 aliphatic carbocycles. The molecule has 1 aliphatic rings. The van der Waals surface area contributed by atoms with E-state index >= 15 is 0 Å². The third-order valence-corrected chi connectivity index (χ3v) is 5.76. The van der Waals surface area contributed by atoms with E-state index in [0.717, 1.165) is 6.42 Å². The zero-order valence-electron chi connectivity index (χ0n) is 11.1. The minimum absolute atomic E-state index is 0.0369. The van der Waals surface area contributed by atoms with Crippen molar-refractivity contribution in [3.63, 3.8) is 0 Å². The SMILES string of the molecule is CCC1CN(S(=O)(=O)C(C)C(=O)OC)CCC1N. The third-order valence-electron chi connectivity index (χ3n) is 3.62. The average molecular weight is 278 g/mol. The molecule has 0 amide bonds. The molecule has 3 unspecified atom stereocenters. The normalized spacial score (nSPS) is 27.8. The summed E-state index contributed by atoms with van der Waals surface area (Å²) in [5.74, 6) is -0.573. The van der Waals surface area contributed by atoms with Crippen molar-refractivity contribution in [1.82, 2.24) is 4.31 Å². The molecule has 0 radical (unpaired) electrons. The van der Waals surface area contributed by atoms with Crippen LogP contribution in [0.5, 0.6) is 0 Å². The third kappa shape index (κ3) is 3.02. The number of carbonyl (C=O) groups excluding carboxylic acids is 1. The standard InChI is InChI=1S/C11H22N2O4S/c1-4-9-7-13(6-5-10(9)12)18(15,16)8(2)11(14)17-3/h8-10H,4-7,12H2,1-3H3. The van der Waals surface area contributed by atoms with Crippen LogP contribution in [-0.4, -0.2) is 50.2 Å². The van der Waals surface area contributed by atoms with E-state index in [9.17, 15) is 13.2 Å². The molecule has 3 atom stereocenters. The molecule has 1 aliphatic heterocycles. The van der Waals surface area contributed by atoms with E-state index in [1.807, 2.05) is 6.92 Å². The van der Waals surface area contributed by atoms with Crippen molar-refractivity contribution in [2.24, 2.45) is 11.7 Å². The molecule has 2 N–H and O–H groups in total. The Morgan fingerprint density at radius 1 is 1.56 bits per heavy atom. The van der Waals surface area contributed by atoms with Crippen LogP contribution in [-0.2, 0) is 19.6 Å². The fraction of sp³-hybridized carbons (Fsp3) is 0.909. The fourth-order valence-corrected chi connectivity index (χ4v) is 3.74. The van der Waals surface area contributed by atoms with E-state index in [-0.39, 0.29) is 12.0 Å². The number of hydrogen-bond acceptors (Lipinski definition) is 5. The zero-order valence-corrected chi connectivity index (χ0v) is 11.9. The Balaban J connectivity index is 2.83. The number of rotatable bonds is 4. The highest BCUT2D eigenvalue weighted by Gasteiger charge is 2.38. The second kappa shape index (κ2) is 5.99. The van der Waals surface area contributed by atoms with Gasteiger partial charge in [-0.2, -0.15) is 0 Å². The first-order chi connectivity index (χ1) is 8.34. The lowest BCUT2D eigenvalue weighted by molar-refractivity contribution is -0.139. The van der Waals surface area contributed by atoms with Gasteiger partial charge in [0.15, 0.2) is 5.25 Å². The highest BCUT2D eigenvalue weighted by Crippen LogP contribution is 2.23. The van der Waals surface area contributed by atoms with Crippen LogP contribution >= 0.6 is 0 Å². The Bertz CT molecular complexity index is 396. The summed E-state index contributed by atoms with van der Waals surface area (Å²) in [7, 11) is -2.45. The van der Waals surface area contributed by atoms with Crippen molar-refractivity contribution in [2.45, 2.75) is 38.0 Å². The molecule has 1 fully saturated rings. The summed E-state index contributed by atoms with van der Waals surface area (Å²) in [6.45, 7) is 4.11. The number of esters is 1. The van der Waals surface area contributed by atoms with E-state index < -0.39 is 21.2 Å². The van der Waals surface area contributed by atoms with Gasteiger partial charge in [-0.25, -0.2) is 12.7 Å². The lowest BCUT2D eigenvalue weighted by atomic mass is 9.92. The minimum atomic E-state index is -3.64. The Morgan fingerprint density at radius 2 is 2.17 bits per heavy atom. The van der Waals surface area contributed by atoms with Gasteiger partial charge in [0.05, 0.1) is 7.11 Å². The van der Waals surface area contributed by atoms with Gasteiger partial charge in [0.2, 0.25) is 10.0 Å². The number of carbonyl (C=O) groups is 1. The molecule has 1 saturated heterocycles. The van der Waals surface area contributed by atoms with Crippen molar-refractivity contribution < 1.29 is 17.9 Å². The van der Waals surface area contributed by atoms with Gasteiger partial charge in [0, 0.05) is 19.1 Å². The second-order valence-electron chi connectivity index (χ2n) is 4.69. The molecule has 0 aromatic rings. The van der Waals surface area contributed by atoms with Crippen molar-refractivity contribution in [1.29, 1.82) is 0 Å². The molecule has 7 heteroatoms. The van der Waals surface area contributed by atoms with Crippen LogP contribution in [0.25, 0.3) is 0 Å². The lowest BCUT2D eigenvalue weighted by Gasteiger charge is -2.36. The molecule has 1 rings (SSSR count). The van der Waals surface area contributed by atoms with Gasteiger partial charge in [0.25, 0.3) is 0 Å². The predicted octanol–water partition coefficient (Wildman–Crippen LogP) is -0.0631. The molecule has 0 spiro atoms. The van der Waals surface area contributed by atoms with Crippen LogP contribution in [0.3, 0.4) is 0 Å². The number of nitrogens with two attached hydrogens (primary N) is 1. The second-order valence-corrected chi connectivity index (χ2v) is 6.94. The number of hydrogen-bond donors (Lipinski definition) is 1. The van der Waals surface area contributed by atoms with Gasteiger partial charge in [-0.15, -0.1) is 0 Å². The smallest absolute Gasteiger partial charge is 0.325 e. The summed E-state index contributed by atoms with van der Waals surface area (Å²) in [5.41, 5.74) is 5.94. The molecule has 18 heavy (non-hydrogen) atoms. The van der Waals surface area contributed by atoms with Crippen LogP contribution in [0.15, 0.2) is 0 Å². The first kappa shape index (κ1) is 15.4. The van der Waals surface area contributed by atoms with E-state index in [4.69, 9.17) is 5.73 Å². The summed E-state index contributed by atoms with van der Waals surface area (Å²) >= 11 is 0. The Hall–Kier alpha value is -0.660. The number of nitrogens with zero attached hydrogens (tertiary/aromatic N) is 1. The maximum Gasteiger partial charge on any atom is 0.325 e. The topological polar surface area (TPSA) is 89.7 Å². The van der Waals surface area contributed by atoms with E-state index in [1.54, 1.807) is 0 Å². The van der Waals surface area contributed by atoms with E-state index in [0.29, 0.717) is 19.5 Å². The lowest BCUT2D eigenvalue weighted by Crippen LogP contribution is -2.52. The number of sulfonamides is 1. The number of ether oxygens (including phenoxy) is 1. The highest BCUT2D eigenvalue weighted by atomic mass is 32.2. The summed E-state index contributed by atoms with van der Waals surface area (Å²) < 4.78 is 30.3. The van der Waals surface area contributed by atoms with Crippen LogP contribution in [0.4, 0.5) is 0 Å². The van der Waals surface area contributed by atoms with Gasteiger partial charge in [-0.1, -0.05) is 13.3 Å². The van der Waals surface area contributed by atoms with Crippen LogP contribution < -0.4 is 5.73 Å². The van der Waals surface area contributed by atoms with E-state index in [2.05, 4.69) is 4.74 Å². The number of piperidine rings is 1. The molecule has 0 aromatic heterocycles. The Kier molecular flexibility index (Phi) is 5.12. The van der Waals surface area contributed by atoms with Crippen molar-refractivity contribution in [3.05, 3.63) is 0 Å². The molecule has 0 bridgehead atoms. The average Bonchev–Trinajstić information content (AvgIpc) is 2.37. The molecular weight excluding hydrogens is 256 g/mol. The maximum atomic E-state index is 12.2. The van der Waals surface area contributed by atoms with Gasteiger partial charge in [-0.3, -0.25) is 4.79 Å². The minimum Gasteiger partial charge on any atom is -0.468 e. The first-order valence-corrected chi connectivity index (χ1v) is 7.67. The van der Waals surface area contributed by atoms with Gasteiger partial charge in [-0.05, 0) is 19.3 Å². The molecule has 6 nitrogen and oxygen atoms in total. The van der Waals surface area contributed by atoms with Crippen LogP contribution in [0, 0.1) is 5.92 Å². The van der Waals surface area contributed by atoms with Gasteiger partial charge < -0.3 is 10.5 Å². The molecule has 0 saturated carbocycles. The largest absolute Gasteiger partial charge is 0.468 e. The molecule has 0 aromatic carbocycles. The summed E-state index contributed by atoms with van der Waals surface area (Å²) in [6.07, 6.45) is 1.46. The zero-order chi connectivity index (χ0) is 13.9. The first-order valence-electron chi connectivity index (χ1n) is 6.17. The summed E-state index contributed by atoms with van der Waals surface area (Å²) in [6, 6.07) is 0.0369.